The molecule has 1 rings (SSSR count). The molecule has 0 aromatic carbocycles. The van der Waals surface area contributed by atoms with Gasteiger partial charge in [-0.05, 0) is 12.8 Å². The molecule has 3 nitrogen and oxygen atoms in total. The molecular formula is C10H16O3. The van der Waals surface area contributed by atoms with Crippen LogP contribution >= 0.6 is 0 Å². The molecule has 74 valence electrons. The lowest BCUT2D eigenvalue weighted by molar-refractivity contribution is -0.0173. The fourth-order valence-electron chi connectivity index (χ4n) is 1.38. The molecule has 0 spiro atoms. The van der Waals surface area contributed by atoms with Crippen LogP contribution in [0.25, 0.3) is 0 Å². The van der Waals surface area contributed by atoms with Crippen LogP contribution < -0.4 is 0 Å². The van der Waals surface area contributed by atoms with E-state index in [0.29, 0.717) is 13.2 Å². The van der Waals surface area contributed by atoms with Crippen LogP contribution in [0.3, 0.4) is 0 Å². The van der Waals surface area contributed by atoms with Crippen LogP contribution in [-0.2, 0) is 14.2 Å². The normalized spacial score (nSPS) is 26.8. The van der Waals surface area contributed by atoms with E-state index in [0.717, 1.165) is 12.8 Å². The maximum Gasteiger partial charge on any atom is 0.113 e. The van der Waals surface area contributed by atoms with Crippen LogP contribution in [0.2, 0.25) is 0 Å². The Morgan fingerprint density at radius 3 is 1.92 bits per heavy atom. The minimum absolute atomic E-state index is 0.191. The van der Waals surface area contributed by atoms with Crippen molar-refractivity contribution < 1.29 is 14.2 Å². The molecular weight excluding hydrogens is 168 g/mol. The summed E-state index contributed by atoms with van der Waals surface area (Å²) in [4.78, 5) is 0. The predicted molar refractivity (Wildman–Crippen MR) is 50.2 cm³/mol. The van der Waals surface area contributed by atoms with Crippen molar-refractivity contribution in [1.29, 1.82) is 0 Å². The lowest BCUT2D eigenvalue weighted by atomic mass is 10.2. The molecule has 0 aromatic heterocycles. The van der Waals surface area contributed by atoms with Gasteiger partial charge in [-0.2, -0.15) is 0 Å². The molecule has 0 bridgehead atoms. The van der Waals surface area contributed by atoms with Crippen molar-refractivity contribution in [3.8, 4) is 0 Å². The SMILES string of the molecule is C=COCC1CC[C@H](COC=C)O1. The topological polar surface area (TPSA) is 27.7 Å². The van der Waals surface area contributed by atoms with Crippen LogP contribution in [-0.4, -0.2) is 25.4 Å². The highest BCUT2D eigenvalue weighted by atomic mass is 16.6. The molecule has 3 heteroatoms. The zero-order chi connectivity index (χ0) is 9.52. The van der Waals surface area contributed by atoms with Crippen molar-refractivity contribution in [2.24, 2.45) is 0 Å². The van der Waals surface area contributed by atoms with E-state index in [2.05, 4.69) is 13.2 Å². The van der Waals surface area contributed by atoms with E-state index in [1.165, 1.54) is 12.5 Å². The average Bonchev–Trinajstić information content (AvgIpc) is 2.59. The molecule has 0 saturated carbocycles. The lowest BCUT2D eigenvalue weighted by Crippen LogP contribution is -2.18. The average molecular weight is 184 g/mol. The second-order valence-electron chi connectivity index (χ2n) is 2.96. The predicted octanol–water partition coefficient (Wildman–Crippen LogP) is 1.85. The zero-order valence-electron chi connectivity index (χ0n) is 7.78. The highest BCUT2D eigenvalue weighted by Gasteiger charge is 2.25. The van der Waals surface area contributed by atoms with Crippen LogP contribution in [0, 0.1) is 0 Å². The molecule has 1 aliphatic rings. The quantitative estimate of drug-likeness (QED) is 0.590. The Bertz CT molecular complexity index is 150. The fraction of sp³-hybridized carbons (Fsp3) is 0.600. The van der Waals surface area contributed by atoms with Crippen molar-refractivity contribution in [1.82, 2.24) is 0 Å². The Hall–Kier alpha value is -0.960. The fourth-order valence-corrected chi connectivity index (χ4v) is 1.38. The molecule has 0 radical (unpaired) electrons. The van der Waals surface area contributed by atoms with E-state index in [4.69, 9.17) is 14.2 Å². The summed E-state index contributed by atoms with van der Waals surface area (Å²) in [6.45, 7) is 8.13. The first-order valence-electron chi connectivity index (χ1n) is 4.47. The van der Waals surface area contributed by atoms with Gasteiger partial charge in [-0.1, -0.05) is 13.2 Å². The van der Waals surface area contributed by atoms with E-state index >= 15 is 0 Å². The summed E-state index contributed by atoms with van der Waals surface area (Å²) in [5.41, 5.74) is 0. The van der Waals surface area contributed by atoms with Crippen molar-refractivity contribution in [2.45, 2.75) is 25.0 Å². The molecule has 0 aliphatic carbocycles. The van der Waals surface area contributed by atoms with Gasteiger partial charge in [0.05, 0.1) is 24.7 Å². The molecule has 0 amide bonds. The van der Waals surface area contributed by atoms with Crippen molar-refractivity contribution in [2.75, 3.05) is 13.2 Å². The van der Waals surface area contributed by atoms with Gasteiger partial charge in [0.25, 0.3) is 0 Å². The Morgan fingerprint density at radius 2 is 1.54 bits per heavy atom. The van der Waals surface area contributed by atoms with Crippen LogP contribution in [0.4, 0.5) is 0 Å². The second-order valence-corrected chi connectivity index (χ2v) is 2.96. The van der Waals surface area contributed by atoms with Gasteiger partial charge in [0.2, 0.25) is 0 Å². The van der Waals surface area contributed by atoms with E-state index < -0.39 is 0 Å². The molecule has 1 saturated heterocycles. The third kappa shape index (κ3) is 3.51. The summed E-state index contributed by atoms with van der Waals surface area (Å²) in [5, 5.41) is 0. The van der Waals surface area contributed by atoms with Crippen LogP contribution in [0.15, 0.2) is 25.7 Å². The highest BCUT2D eigenvalue weighted by Crippen LogP contribution is 2.20. The highest BCUT2D eigenvalue weighted by molar-refractivity contribution is 4.74. The van der Waals surface area contributed by atoms with Crippen molar-refractivity contribution >= 4 is 0 Å². The summed E-state index contributed by atoms with van der Waals surface area (Å²) < 4.78 is 15.7. The first-order chi connectivity index (χ1) is 6.36. The first kappa shape index (κ1) is 10.1. The smallest absolute Gasteiger partial charge is 0.113 e. The number of ether oxygens (including phenoxy) is 3. The molecule has 0 aromatic rings. The largest absolute Gasteiger partial charge is 0.499 e. The Labute approximate surface area is 79.0 Å². The second kappa shape index (κ2) is 5.65. The maximum atomic E-state index is 5.62. The summed E-state index contributed by atoms with van der Waals surface area (Å²) >= 11 is 0. The van der Waals surface area contributed by atoms with Gasteiger partial charge < -0.3 is 14.2 Å². The lowest BCUT2D eigenvalue weighted by Gasteiger charge is -2.12. The summed E-state index contributed by atoms with van der Waals surface area (Å²) in [6.07, 6.45) is 5.32. The van der Waals surface area contributed by atoms with Gasteiger partial charge in [0.1, 0.15) is 13.2 Å². The third-order valence-corrected chi connectivity index (χ3v) is 2.00. The Kier molecular flexibility index (Phi) is 4.40. The van der Waals surface area contributed by atoms with Crippen LogP contribution in [0.1, 0.15) is 12.8 Å². The maximum absolute atomic E-state index is 5.62. The van der Waals surface area contributed by atoms with Gasteiger partial charge in [-0.15, -0.1) is 0 Å². The monoisotopic (exact) mass is 184 g/mol. The molecule has 1 aliphatic heterocycles. The zero-order valence-corrected chi connectivity index (χ0v) is 7.78. The van der Waals surface area contributed by atoms with Crippen LogP contribution in [0.5, 0.6) is 0 Å². The van der Waals surface area contributed by atoms with Gasteiger partial charge in [0.15, 0.2) is 0 Å². The number of hydrogen-bond acceptors (Lipinski definition) is 3. The van der Waals surface area contributed by atoms with Gasteiger partial charge in [-0.3, -0.25) is 0 Å². The number of hydrogen-bond donors (Lipinski definition) is 0. The van der Waals surface area contributed by atoms with Crippen molar-refractivity contribution in [3.05, 3.63) is 25.7 Å². The van der Waals surface area contributed by atoms with E-state index in [-0.39, 0.29) is 12.2 Å². The van der Waals surface area contributed by atoms with E-state index in [9.17, 15) is 0 Å². The molecule has 2 atom stereocenters. The molecule has 1 heterocycles. The van der Waals surface area contributed by atoms with Crippen molar-refractivity contribution in [3.63, 3.8) is 0 Å². The van der Waals surface area contributed by atoms with E-state index in [1.54, 1.807) is 0 Å². The molecule has 13 heavy (non-hydrogen) atoms. The Balaban J connectivity index is 2.12. The third-order valence-electron chi connectivity index (χ3n) is 2.00. The summed E-state index contributed by atoms with van der Waals surface area (Å²) in [7, 11) is 0. The summed E-state index contributed by atoms with van der Waals surface area (Å²) in [6, 6.07) is 0. The summed E-state index contributed by atoms with van der Waals surface area (Å²) in [5.74, 6) is 0. The molecule has 1 fully saturated rings. The first-order valence-corrected chi connectivity index (χ1v) is 4.47. The van der Waals surface area contributed by atoms with Gasteiger partial charge >= 0.3 is 0 Å². The van der Waals surface area contributed by atoms with E-state index in [1.807, 2.05) is 0 Å². The molecule has 1 unspecified atom stereocenters. The Morgan fingerprint density at radius 1 is 1.08 bits per heavy atom. The minimum atomic E-state index is 0.191. The van der Waals surface area contributed by atoms with Gasteiger partial charge in [0, 0.05) is 0 Å². The number of rotatable bonds is 6. The van der Waals surface area contributed by atoms with Gasteiger partial charge in [-0.25, -0.2) is 0 Å². The minimum Gasteiger partial charge on any atom is -0.499 e. The standard InChI is InChI=1S/C10H16O3/c1-3-11-7-9-5-6-10(13-9)8-12-4-2/h3-4,9-10H,1-2,5-8H2/t9-,10?/m1/s1. The molecule has 0 N–H and O–H groups in total.